The maximum absolute atomic E-state index is 12.8. The fourth-order valence-electron chi connectivity index (χ4n) is 3.82. The number of nitrogens with one attached hydrogen (secondary N) is 1. The number of carbonyl (C=O) groups excluding carboxylic acids is 1. The second-order valence-corrected chi connectivity index (χ2v) is 10.6. The van der Waals surface area contributed by atoms with Gasteiger partial charge in [0.15, 0.2) is 0 Å². The van der Waals surface area contributed by atoms with Crippen molar-refractivity contribution in [2.45, 2.75) is 31.1 Å². The molecule has 0 unspecified atom stereocenters. The van der Waals surface area contributed by atoms with Crippen molar-refractivity contribution in [1.82, 2.24) is 14.6 Å². The van der Waals surface area contributed by atoms with E-state index in [1.54, 1.807) is 18.4 Å². The van der Waals surface area contributed by atoms with Crippen LogP contribution in [0.1, 0.15) is 24.1 Å². The number of benzene rings is 2. The standard InChI is InChI=1S/C24H26ClN3O4S/c1-17-2-4-19(5-3-17)24-27-21(16-32-24)10-13-26-23(29)18-11-14-28(15-12-18)33(30,31)22-8-6-20(25)7-9-22/h2-9,16,18H,10-15H2,1H3,(H,26,29). The summed E-state index contributed by atoms with van der Waals surface area (Å²) in [6, 6.07) is 14.1. The second kappa shape index (κ2) is 10.1. The van der Waals surface area contributed by atoms with E-state index >= 15 is 0 Å². The zero-order valence-corrected chi connectivity index (χ0v) is 19.9. The molecule has 1 aliphatic heterocycles. The van der Waals surface area contributed by atoms with Gasteiger partial charge in [-0.25, -0.2) is 13.4 Å². The van der Waals surface area contributed by atoms with Gasteiger partial charge in [-0.15, -0.1) is 0 Å². The lowest BCUT2D eigenvalue weighted by Crippen LogP contribution is -2.43. The topological polar surface area (TPSA) is 92.5 Å². The summed E-state index contributed by atoms with van der Waals surface area (Å²) in [7, 11) is -3.58. The Balaban J connectivity index is 1.24. The molecular formula is C24H26ClN3O4S. The minimum absolute atomic E-state index is 0.0548. The molecule has 0 saturated carbocycles. The third kappa shape index (κ3) is 5.63. The van der Waals surface area contributed by atoms with Crippen LogP contribution in [-0.4, -0.2) is 43.2 Å². The van der Waals surface area contributed by atoms with E-state index in [4.69, 9.17) is 16.0 Å². The number of hydrogen-bond acceptors (Lipinski definition) is 5. The van der Waals surface area contributed by atoms with E-state index < -0.39 is 10.0 Å². The maximum Gasteiger partial charge on any atom is 0.243 e. The van der Waals surface area contributed by atoms with Crippen LogP contribution in [0.4, 0.5) is 0 Å². The Morgan fingerprint density at radius 2 is 1.79 bits per heavy atom. The van der Waals surface area contributed by atoms with Crippen molar-refractivity contribution in [3.63, 3.8) is 0 Å². The number of piperidine rings is 1. The first kappa shape index (κ1) is 23.5. The van der Waals surface area contributed by atoms with Gasteiger partial charge in [0.25, 0.3) is 0 Å². The molecule has 0 spiro atoms. The lowest BCUT2D eigenvalue weighted by atomic mass is 9.97. The molecular weight excluding hydrogens is 462 g/mol. The van der Waals surface area contributed by atoms with Gasteiger partial charge in [-0.2, -0.15) is 4.31 Å². The first-order valence-electron chi connectivity index (χ1n) is 10.9. The Morgan fingerprint density at radius 1 is 1.12 bits per heavy atom. The number of hydrogen-bond donors (Lipinski definition) is 1. The monoisotopic (exact) mass is 487 g/mol. The number of aromatic nitrogens is 1. The average molecular weight is 488 g/mol. The van der Waals surface area contributed by atoms with Crippen LogP contribution in [0.5, 0.6) is 0 Å². The van der Waals surface area contributed by atoms with Crippen LogP contribution in [0.15, 0.2) is 64.1 Å². The van der Waals surface area contributed by atoms with Crippen molar-refractivity contribution in [1.29, 1.82) is 0 Å². The number of nitrogens with zero attached hydrogens (tertiary/aromatic N) is 2. The van der Waals surface area contributed by atoms with Crippen molar-refractivity contribution in [2.24, 2.45) is 5.92 Å². The molecule has 0 atom stereocenters. The van der Waals surface area contributed by atoms with Crippen LogP contribution in [-0.2, 0) is 21.2 Å². The number of carbonyl (C=O) groups is 1. The van der Waals surface area contributed by atoms with Gasteiger partial charge >= 0.3 is 0 Å². The van der Waals surface area contributed by atoms with Gasteiger partial charge < -0.3 is 9.73 Å². The normalized spacial score (nSPS) is 15.5. The molecule has 7 nitrogen and oxygen atoms in total. The zero-order valence-electron chi connectivity index (χ0n) is 18.3. The fourth-order valence-corrected chi connectivity index (χ4v) is 5.42. The average Bonchev–Trinajstić information content (AvgIpc) is 3.29. The van der Waals surface area contributed by atoms with Gasteiger partial charge in [0.1, 0.15) is 6.26 Å². The number of halogens is 1. The summed E-state index contributed by atoms with van der Waals surface area (Å²) in [4.78, 5) is 17.3. The molecule has 1 aromatic heterocycles. The molecule has 2 heterocycles. The lowest BCUT2D eigenvalue weighted by molar-refractivity contribution is -0.126. The predicted octanol–water partition coefficient (Wildman–Crippen LogP) is 4.06. The molecule has 1 amide bonds. The maximum atomic E-state index is 12.8. The Morgan fingerprint density at radius 3 is 2.45 bits per heavy atom. The highest BCUT2D eigenvalue weighted by Gasteiger charge is 2.32. The molecule has 0 aliphatic carbocycles. The van der Waals surface area contributed by atoms with Crippen LogP contribution in [0, 0.1) is 12.8 Å². The summed E-state index contributed by atoms with van der Waals surface area (Å²) < 4.78 is 32.6. The van der Waals surface area contributed by atoms with Crippen LogP contribution < -0.4 is 5.32 Å². The molecule has 1 fully saturated rings. The molecule has 2 aromatic carbocycles. The summed E-state index contributed by atoms with van der Waals surface area (Å²) in [5.41, 5.74) is 2.85. The molecule has 4 rings (SSSR count). The van der Waals surface area contributed by atoms with Crippen LogP contribution >= 0.6 is 11.6 Å². The van der Waals surface area contributed by atoms with E-state index in [9.17, 15) is 13.2 Å². The molecule has 33 heavy (non-hydrogen) atoms. The molecule has 0 radical (unpaired) electrons. The molecule has 3 aromatic rings. The van der Waals surface area contributed by atoms with Crippen molar-refractivity contribution < 1.29 is 17.6 Å². The Labute approximate surface area is 198 Å². The number of rotatable bonds is 7. The zero-order chi connectivity index (χ0) is 23.4. The van der Waals surface area contributed by atoms with Crippen LogP contribution in [0.25, 0.3) is 11.5 Å². The van der Waals surface area contributed by atoms with Gasteiger partial charge in [-0.1, -0.05) is 29.3 Å². The quantitative estimate of drug-likeness (QED) is 0.542. The summed E-state index contributed by atoms with van der Waals surface area (Å²) in [5.74, 6) is 0.300. The highest BCUT2D eigenvalue weighted by molar-refractivity contribution is 7.89. The van der Waals surface area contributed by atoms with Crippen molar-refractivity contribution in [3.05, 3.63) is 71.1 Å². The van der Waals surface area contributed by atoms with Crippen molar-refractivity contribution in [2.75, 3.05) is 19.6 Å². The smallest absolute Gasteiger partial charge is 0.243 e. The van der Waals surface area contributed by atoms with Gasteiger partial charge in [0, 0.05) is 42.6 Å². The highest BCUT2D eigenvalue weighted by atomic mass is 35.5. The number of amides is 1. The Kier molecular flexibility index (Phi) is 7.17. The van der Waals surface area contributed by atoms with Crippen LogP contribution in [0.3, 0.4) is 0 Å². The number of aryl methyl sites for hydroxylation is 1. The summed E-state index contributed by atoms with van der Waals surface area (Å²) in [6.45, 7) is 3.09. The van der Waals surface area contributed by atoms with Gasteiger partial charge in [0.2, 0.25) is 21.8 Å². The predicted molar refractivity (Wildman–Crippen MR) is 126 cm³/mol. The minimum atomic E-state index is -3.58. The summed E-state index contributed by atoms with van der Waals surface area (Å²) in [6.07, 6.45) is 3.15. The van der Waals surface area contributed by atoms with E-state index in [1.807, 2.05) is 31.2 Å². The molecule has 9 heteroatoms. The first-order chi connectivity index (χ1) is 15.8. The molecule has 0 bridgehead atoms. The highest BCUT2D eigenvalue weighted by Crippen LogP contribution is 2.25. The minimum Gasteiger partial charge on any atom is -0.444 e. The van der Waals surface area contributed by atoms with Crippen molar-refractivity contribution >= 4 is 27.5 Å². The van der Waals surface area contributed by atoms with Gasteiger partial charge in [0.05, 0.1) is 10.6 Å². The number of sulfonamides is 1. The first-order valence-corrected chi connectivity index (χ1v) is 12.7. The molecule has 174 valence electrons. The summed E-state index contributed by atoms with van der Waals surface area (Å²) >= 11 is 5.85. The van der Waals surface area contributed by atoms with E-state index in [-0.39, 0.29) is 16.7 Å². The molecule has 1 saturated heterocycles. The van der Waals surface area contributed by atoms with Gasteiger partial charge in [-0.3, -0.25) is 4.79 Å². The molecule has 1 aliphatic rings. The van der Waals surface area contributed by atoms with Gasteiger partial charge in [-0.05, 0) is 56.2 Å². The van der Waals surface area contributed by atoms with E-state index in [2.05, 4.69) is 10.3 Å². The lowest BCUT2D eigenvalue weighted by Gasteiger charge is -2.30. The third-order valence-corrected chi connectivity index (χ3v) is 7.97. The third-order valence-electron chi connectivity index (χ3n) is 5.81. The number of oxazole rings is 1. The molecule has 1 N–H and O–H groups in total. The van der Waals surface area contributed by atoms with Crippen LogP contribution in [0.2, 0.25) is 5.02 Å². The Bertz CT molecular complexity index is 1200. The second-order valence-electron chi connectivity index (χ2n) is 8.18. The Hall–Kier alpha value is -2.68. The van der Waals surface area contributed by atoms with E-state index in [1.165, 1.54) is 22.0 Å². The SMILES string of the molecule is Cc1ccc(-c2nc(CCNC(=O)C3CCN(S(=O)(=O)c4ccc(Cl)cc4)CC3)co2)cc1. The fraction of sp³-hybridized carbons (Fsp3) is 0.333. The van der Waals surface area contributed by atoms with Crippen molar-refractivity contribution in [3.8, 4) is 11.5 Å². The largest absolute Gasteiger partial charge is 0.444 e. The van der Waals surface area contributed by atoms with E-state index in [0.29, 0.717) is 49.8 Å². The summed E-state index contributed by atoms with van der Waals surface area (Å²) in [5, 5.41) is 3.43. The van der Waals surface area contributed by atoms with E-state index in [0.717, 1.165) is 11.3 Å².